The number of benzene rings is 1. The van der Waals surface area contributed by atoms with Crippen LogP contribution in [-0.2, 0) is 0 Å². The van der Waals surface area contributed by atoms with Crippen molar-refractivity contribution in [1.82, 2.24) is 0 Å². The summed E-state index contributed by atoms with van der Waals surface area (Å²) in [6.45, 7) is 2.84. The largest absolute Gasteiger partial charge is 0.493 e. The summed E-state index contributed by atoms with van der Waals surface area (Å²) in [5, 5.41) is 18.0. The standard InChI is InChI=1S/C12H19BO3S/c1-2-3-8-17-9-7-16-12-6-4-5-11(10-12)13(14)15/h4-6,10,14-15H,2-3,7-9H2,1H3. The Morgan fingerprint density at radius 3 is 2.82 bits per heavy atom. The fraction of sp³-hybridized carbons (Fsp3) is 0.500. The highest BCUT2D eigenvalue weighted by Gasteiger charge is 2.10. The van der Waals surface area contributed by atoms with Crippen molar-refractivity contribution in [1.29, 1.82) is 0 Å². The summed E-state index contributed by atoms with van der Waals surface area (Å²) in [5.74, 6) is 2.83. The van der Waals surface area contributed by atoms with E-state index in [0.29, 0.717) is 17.8 Å². The smallest absolute Gasteiger partial charge is 0.488 e. The molecule has 2 N–H and O–H groups in total. The normalized spacial score (nSPS) is 10.3. The zero-order valence-corrected chi connectivity index (χ0v) is 10.9. The van der Waals surface area contributed by atoms with E-state index in [1.165, 1.54) is 18.6 Å². The molecule has 0 aliphatic heterocycles. The van der Waals surface area contributed by atoms with Crippen molar-refractivity contribution in [2.75, 3.05) is 18.1 Å². The van der Waals surface area contributed by atoms with Crippen LogP contribution in [0.2, 0.25) is 0 Å². The van der Waals surface area contributed by atoms with E-state index >= 15 is 0 Å². The maximum Gasteiger partial charge on any atom is 0.488 e. The summed E-state index contributed by atoms with van der Waals surface area (Å²) in [5.41, 5.74) is 0.459. The maximum atomic E-state index is 9.01. The van der Waals surface area contributed by atoms with Gasteiger partial charge in [-0.3, -0.25) is 0 Å². The summed E-state index contributed by atoms with van der Waals surface area (Å²) in [6, 6.07) is 6.89. The molecule has 0 unspecified atom stereocenters. The Morgan fingerprint density at radius 2 is 2.12 bits per heavy atom. The molecule has 1 aromatic carbocycles. The number of thioether (sulfide) groups is 1. The van der Waals surface area contributed by atoms with Gasteiger partial charge in [0.05, 0.1) is 6.61 Å². The molecule has 1 rings (SSSR count). The van der Waals surface area contributed by atoms with Gasteiger partial charge in [-0.2, -0.15) is 11.8 Å². The van der Waals surface area contributed by atoms with Gasteiger partial charge in [0, 0.05) is 5.75 Å². The van der Waals surface area contributed by atoms with E-state index in [2.05, 4.69) is 6.92 Å². The minimum Gasteiger partial charge on any atom is -0.493 e. The molecule has 1 aromatic rings. The van der Waals surface area contributed by atoms with Crippen LogP contribution < -0.4 is 10.2 Å². The van der Waals surface area contributed by atoms with Crippen LogP contribution in [0.4, 0.5) is 0 Å². The lowest BCUT2D eigenvalue weighted by Gasteiger charge is -2.07. The highest BCUT2D eigenvalue weighted by atomic mass is 32.2. The third-order valence-corrected chi connectivity index (χ3v) is 3.33. The highest BCUT2D eigenvalue weighted by molar-refractivity contribution is 7.99. The number of unbranched alkanes of at least 4 members (excludes halogenated alkanes) is 1. The van der Waals surface area contributed by atoms with Crippen molar-refractivity contribution in [3.8, 4) is 5.75 Å². The van der Waals surface area contributed by atoms with E-state index in [9.17, 15) is 0 Å². The Hall–Kier alpha value is -0.645. The van der Waals surface area contributed by atoms with Crippen LogP contribution in [0.25, 0.3) is 0 Å². The lowest BCUT2D eigenvalue weighted by Crippen LogP contribution is -2.29. The van der Waals surface area contributed by atoms with Crippen LogP contribution in [0.15, 0.2) is 24.3 Å². The van der Waals surface area contributed by atoms with Gasteiger partial charge >= 0.3 is 7.12 Å². The molecule has 0 atom stereocenters. The molecule has 0 fully saturated rings. The molecule has 0 amide bonds. The lowest BCUT2D eigenvalue weighted by atomic mass is 9.80. The number of rotatable bonds is 8. The minimum absolute atomic E-state index is 0.459. The minimum atomic E-state index is -1.43. The van der Waals surface area contributed by atoms with Crippen molar-refractivity contribution in [2.24, 2.45) is 0 Å². The van der Waals surface area contributed by atoms with Crippen molar-refractivity contribution in [3.05, 3.63) is 24.3 Å². The second-order valence-corrected chi connectivity index (χ2v) is 4.99. The first-order chi connectivity index (χ1) is 8.24. The lowest BCUT2D eigenvalue weighted by molar-refractivity contribution is 0.344. The van der Waals surface area contributed by atoms with Crippen molar-refractivity contribution >= 4 is 24.3 Å². The zero-order valence-electron chi connectivity index (χ0n) is 10.1. The Morgan fingerprint density at radius 1 is 1.29 bits per heavy atom. The SMILES string of the molecule is CCCCSCCOc1cccc(B(O)O)c1. The molecular weight excluding hydrogens is 235 g/mol. The molecule has 5 heteroatoms. The molecule has 0 saturated carbocycles. The van der Waals surface area contributed by atoms with Crippen LogP contribution in [0.5, 0.6) is 5.75 Å². The van der Waals surface area contributed by atoms with E-state index in [1.807, 2.05) is 17.8 Å². The summed E-state index contributed by atoms with van der Waals surface area (Å²) in [7, 11) is -1.43. The predicted molar refractivity (Wildman–Crippen MR) is 74.0 cm³/mol. The van der Waals surface area contributed by atoms with Gasteiger partial charge in [0.15, 0.2) is 0 Å². The average Bonchev–Trinajstić information content (AvgIpc) is 2.34. The molecule has 0 aromatic heterocycles. The van der Waals surface area contributed by atoms with Gasteiger partial charge < -0.3 is 14.8 Å². The molecule has 17 heavy (non-hydrogen) atoms. The van der Waals surface area contributed by atoms with Gasteiger partial charge in [0.1, 0.15) is 5.75 Å². The second kappa shape index (κ2) is 8.45. The third kappa shape index (κ3) is 6.01. The highest BCUT2D eigenvalue weighted by Crippen LogP contribution is 2.09. The molecule has 0 bridgehead atoms. The zero-order chi connectivity index (χ0) is 12.5. The molecular formula is C12H19BO3S. The number of ether oxygens (including phenoxy) is 1. The van der Waals surface area contributed by atoms with Gasteiger partial charge in [-0.1, -0.05) is 25.5 Å². The van der Waals surface area contributed by atoms with Gasteiger partial charge in [0.25, 0.3) is 0 Å². The summed E-state index contributed by atoms with van der Waals surface area (Å²) < 4.78 is 5.53. The molecule has 0 heterocycles. The molecule has 0 saturated heterocycles. The first-order valence-electron chi connectivity index (χ1n) is 5.90. The van der Waals surface area contributed by atoms with Crippen LogP contribution in [-0.4, -0.2) is 35.3 Å². The van der Waals surface area contributed by atoms with Gasteiger partial charge in [-0.15, -0.1) is 0 Å². The quantitative estimate of drug-likeness (QED) is 0.542. The van der Waals surface area contributed by atoms with Crippen LogP contribution >= 0.6 is 11.8 Å². The van der Waals surface area contributed by atoms with Crippen LogP contribution in [0.3, 0.4) is 0 Å². The van der Waals surface area contributed by atoms with Crippen molar-refractivity contribution in [3.63, 3.8) is 0 Å². The summed E-state index contributed by atoms with van der Waals surface area (Å²) >= 11 is 1.88. The third-order valence-electron chi connectivity index (χ3n) is 2.29. The monoisotopic (exact) mass is 254 g/mol. The Labute approximate surface area is 107 Å². The average molecular weight is 254 g/mol. The second-order valence-electron chi connectivity index (χ2n) is 3.76. The fourth-order valence-corrected chi connectivity index (χ4v) is 2.23. The van der Waals surface area contributed by atoms with Crippen molar-refractivity contribution < 1.29 is 14.8 Å². The molecule has 0 aliphatic rings. The predicted octanol–water partition coefficient (Wildman–Crippen LogP) is 1.28. The first kappa shape index (κ1) is 14.4. The van der Waals surface area contributed by atoms with E-state index in [4.69, 9.17) is 14.8 Å². The topological polar surface area (TPSA) is 49.7 Å². The Balaban J connectivity index is 2.24. The molecule has 0 radical (unpaired) electrons. The molecule has 0 spiro atoms. The van der Waals surface area contributed by atoms with Crippen LogP contribution in [0.1, 0.15) is 19.8 Å². The van der Waals surface area contributed by atoms with Crippen LogP contribution in [0, 0.1) is 0 Å². The van der Waals surface area contributed by atoms with Gasteiger partial charge in [-0.25, -0.2) is 0 Å². The fourth-order valence-electron chi connectivity index (χ4n) is 1.33. The first-order valence-corrected chi connectivity index (χ1v) is 7.06. The summed E-state index contributed by atoms with van der Waals surface area (Å²) in [6.07, 6.45) is 2.47. The van der Waals surface area contributed by atoms with Gasteiger partial charge in [0.2, 0.25) is 0 Å². The summed E-state index contributed by atoms with van der Waals surface area (Å²) in [4.78, 5) is 0. The number of hydrogen-bond acceptors (Lipinski definition) is 4. The van der Waals surface area contributed by atoms with E-state index in [-0.39, 0.29) is 0 Å². The Bertz CT molecular complexity index is 320. The molecule has 0 aliphatic carbocycles. The van der Waals surface area contributed by atoms with E-state index < -0.39 is 7.12 Å². The number of hydrogen-bond donors (Lipinski definition) is 2. The Kier molecular flexibility index (Phi) is 7.16. The van der Waals surface area contributed by atoms with E-state index in [0.717, 1.165) is 5.75 Å². The molecule has 94 valence electrons. The van der Waals surface area contributed by atoms with E-state index in [1.54, 1.807) is 18.2 Å². The maximum absolute atomic E-state index is 9.01. The molecule has 3 nitrogen and oxygen atoms in total. The van der Waals surface area contributed by atoms with Gasteiger partial charge in [-0.05, 0) is 29.8 Å². The van der Waals surface area contributed by atoms with Crippen molar-refractivity contribution in [2.45, 2.75) is 19.8 Å².